The molecule has 1 aromatic carbocycles. The number of nitrogens with two attached hydrogens (primary N) is 1. The molecule has 2 unspecified atom stereocenters. The number of ether oxygens (including phenoxy) is 1. The van der Waals surface area contributed by atoms with Gasteiger partial charge >= 0.3 is 0 Å². The Morgan fingerprint density at radius 2 is 2.05 bits per heavy atom. The van der Waals surface area contributed by atoms with Crippen LogP contribution in [-0.2, 0) is 0 Å². The Morgan fingerprint density at radius 1 is 1.35 bits per heavy atom. The average molecular weight is 278 g/mol. The van der Waals surface area contributed by atoms with Crippen molar-refractivity contribution in [2.75, 3.05) is 19.1 Å². The zero-order valence-corrected chi connectivity index (χ0v) is 12.7. The maximum absolute atomic E-state index is 10.3. The van der Waals surface area contributed by atoms with Crippen LogP contribution in [0.4, 0.5) is 5.69 Å². The Labute approximate surface area is 121 Å². The van der Waals surface area contributed by atoms with Gasteiger partial charge in [0.15, 0.2) is 0 Å². The molecule has 20 heavy (non-hydrogen) atoms. The van der Waals surface area contributed by atoms with Gasteiger partial charge in [-0.1, -0.05) is 18.9 Å². The van der Waals surface area contributed by atoms with Crippen LogP contribution < -0.4 is 15.4 Å². The van der Waals surface area contributed by atoms with Gasteiger partial charge in [-0.3, -0.25) is 0 Å². The summed E-state index contributed by atoms with van der Waals surface area (Å²) in [6.45, 7) is 1.96. The molecule has 0 bridgehead atoms. The summed E-state index contributed by atoms with van der Waals surface area (Å²) in [5, 5.41) is 10.3. The number of aliphatic hydroxyl groups excluding tert-OH is 1. The predicted molar refractivity (Wildman–Crippen MR) is 82.3 cm³/mol. The van der Waals surface area contributed by atoms with E-state index in [0.29, 0.717) is 0 Å². The number of benzene rings is 1. The van der Waals surface area contributed by atoms with Gasteiger partial charge in [0.1, 0.15) is 5.75 Å². The largest absolute Gasteiger partial charge is 0.496 e. The van der Waals surface area contributed by atoms with E-state index < -0.39 is 0 Å². The van der Waals surface area contributed by atoms with Crippen molar-refractivity contribution in [3.05, 3.63) is 23.8 Å². The Hall–Kier alpha value is -1.26. The topological polar surface area (TPSA) is 58.7 Å². The number of anilines is 1. The van der Waals surface area contributed by atoms with Crippen LogP contribution in [0.2, 0.25) is 0 Å². The normalized spacial score (nSPS) is 24.2. The van der Waals surface area contributed by atoms with Gasteiger partial charge in [-0.05, 0) is 31.9 Å². The van der Waals surface area contributed by atoms with Crippen molar-refractivity contribution >= 4 is 5.69 Å². The minimum Gasteiger partial charge on any atom is -0.496 e. The van der Waals surface area contributed by atoms with Crippen LogP contribution in [0, 0.1) is 0 Å². The van der Waals surface area contributed by atoms with Gasteiger partial charge in [-0.15, -0.1) is 0 Å². The summed E-state index contributed by atoms with van der Waals surface area (Å²) in [7, 11) is 3.71. The Morgan fingerprint density at radius 3 is 2.65 bits per heavy atom. The number of nitrogens with zero attached hydrogens (tertiary/aromatic N) is 1. The number of hydrogen-bond donors (Lipinski definition) is 2. The van der Waals surface area contributed by atoms with Crippen LogP contribution in [0.3, 0.4) is 0 Å². The smallest absolute Gasteiger partial charge is 0.125 e. The lowest BCUT2D eigenvalue weighted by molar-refractivity contribution is 0.106. The molecule has 3 N–H and O–H groups in total. The van der Waals surface area contributed by atoms with Gasteiger partial charge in [-0.25, -0.2) is 0 Å². The maximum Gasteiger partial charge on any atom is 0.125 e. The van der Waals surface area contributed by atoms with Gasteiger partial charge in [0.05, 0.1) is 19.3 Å². The van der Waals surface area contributed by atoms with Crippen molar-refractivity contribution in [3.8, 4) is 5.75 Å². The lowest BCUT2D eigenvalue weighted by atomic mass is 9.90. The second-order valence-corrected chi connectivity index (χ2v) is 5.71. The van der Waals surface area contributed by atoms with Crippen molar-refractivity contribution in [1.29, 1.82) is 0 Å². The van der Waals surface area contributed by atoms with E-state index in [-0.39, 0.29) is 18.2 Å². The fraction of sp³-hybridized carbons (Fsp3) is 0.625. The molecule has 1 fully saturated rings. The zero-order valence-electron chi connectivity index (χ0n) is 12.7. The molecule has 3 atom stereocenters. The molecule has 112 valence electrons. The quantitative estimate of drug-likeness (QED) is 0.888. The third-order valence-electron chi connectivity index (χ3n) is 4.29. The SMILES string of the molecule is COc1cccc(N(C)C2CCCCC2O)c1[C@@H](C)N. The van der Waals surface area contributed by atoms with Gasteiger partial charge in [-0.2, -0.15) is 0 Å². The van der Waals surface area contributed by atoms with E-state index in [1.807, 2.05) is 26.1 Å². The monoisotopic (exact) mass is 278 g/mol. The van der Waals surface area contributed by atoms with E-state index >= 15 is 0 Å². The molecule has 0 heterocycles. The second-order valence-electron chi connectivity index (χ2n) is 5.71. The molecule has 1 aromatic rings. The molecule has 0 saturated heterocycles. The minimum atomic E-state index is -0.263. The Bertz CT molecular complexity index is 448. The molecular formula is C16H26N2O2. The fourth-order valence-corrected chi connectivity index (χ4v) is 3.20. The summed E-state index contributed by atoms with van der Waals surface area (Å²) in [4.78, 5) is 2.17. The number of methoxy groups -OCH3 is 1. The number of hydrogen-bond acceptors (Lipinski definition) is 4. The molecule has 4 nitrogen and oxygen atoms in total. The first-order chi connectivity index (χ1) is 9.56. The molecule has 1 aliphatic carbocycles. The van der Waals surface area contributed by atoms with Crippen molar-refractivity contribution in [2.24, 2.45) is 5.73 Å². The summed E-state index contributed by atoms with van der Waals surface area (Å²) in [5.41, 5.74) is 8.19. The first-order valence-corrected chi connectivity index (χ1v) is 7.39. The van der Waals surface area contributed by atoms with Crippen molar-refractivity contribution in [2.45, 2.75) is 50.8 Å². The standard InChI is InChI=1S/C16H26N2O2/c1-11(17)16-13(8-6-10-15(16)20-3)18(2)12-7-4-5-9-14(12)19/h6,8,10-12,14,19H,4-5,7,9,17H2,1-3H3/t11-,12?,14?/m1/s1. The first kappa shape index (κ1) is 15.1. The van der Waals surface area contributed by atoms with E-state index in [9.17, 15) is 5.11 Å². The van der Waals surface area contributed by atoms with Crippen molar-refractivity contribution in [3.63, 3.8) is 0 Å². The molecule has 0 radical (unpaired) electrons. The van der Waals surface area contributed by atoms with Crippen LogP contribution in [0.25, 0.3) is 0 Å². The minimum absolute atomic E-state index is 0.107. The summed E-state index contributed by atoms with van der Waals surface area (Å²) >= 11 is 0. The highest BCUT2D eigenvalue weighted by Gasteiger charge is 2.29. The highest BCUT2D eigenvalue weighted by molar-refractivity contribution is 5.61. The fourth-order valence-electron chi connectivity index (χ4n) is 3.20. The molecular weight excluding hydrogens is 252 g/mol. The predicted octanol–water partition coefficient (Wildman–Crippen LogP) is 2.45. The lowest BCUT2D eigenvalue weighted by Crippen LogP contribution is -2.44. The molecule has 0 amide bonds. The molecule has 4 heteroatoms. The van der Waals surface area contributed by atoms with E-state index in [4.69, 9.17) is 10.5 Å². The number of likely N-dealkylation sites (N-methyl/N-ethyl adjacent to an activating group) is 1. The first-order valence-electron chi connectivity index (χ1n) is 7.39. The third kappa shape index (κ3) is 2.91. The summed E-state index contributed by atoms with van der Waals surface area (Å²) in [5.74, 6) is 0.814. The number of rotatable bonds is 4. The third-order valence-corrected chi connectivity index (χ3v) is 4.29. The molecule has 0 aromatic heterocycles. The average Bonchev–Trinajstić information content (AvgIpc) is 2.46. The number of aliphatic hydroxyl groups is 1. The maximum atomic E-state index is 10.3. The molecule has 1 aliphatic rings. The molecule has 2 rings (SSSR count). The zero-order chi connectivity index (χ0) is 14.7. The van der Waals surface area contributed by atoms with Crippen molar-refractivity contribution in [1.82, 2.24) is 0 Å². The van der Waals surface area contributed by atoms with Gasteiger partial charge in [0, 0.05) is 24.3 Å². The summed E-state index contributed by atoms with van der Waals surface area (Å²) < 4.78 is 5.44. The lowest BCUT2D eigenvalue weighted by Gasteiger charge is -2.38. The molecule has 1 saturated carbocycles. The Balaban J connectivity index is 2.35. The second kappa shape index (κ2) is 6.46. The van der Waals surface area contributed by atoms with E-state index in [0.717, 1.165) is 36.3 Å². The van der Waals surface area contributed by atoms with E-state index in [1.165, 1.54) is 6.42 Å². The van der Waals surface area contributed by atoms with E-state index in [2.05, 4.69) is 11.0 Å². The molecule has 0 aliphatic heterocycles. The van der Waals surface area contributed by atoms with Crippen LogP contribution in [0.5, 0.6) is 5.75 Å². The molecule has 0 spiro atoms. The highest BCUT2D eigenvalue weighted by atomic mass is 16.5. The van der Waals surface area contributed by atoms with Crippen LogP contribution >= 0.6 is 0 Å². The van der Waals surface area contributed by atoms with Crippen LogP contribution in [0.1, 0.15) is 44.2 Å². The van der Waals surface area contributed by atoms with Gasteiger partial charge < -0.3 is 20.5 Å². The summed E-state index contributed by atoms with van der Waals surface area (Å²) in [6.07, 6.45) is 3.92. The van der Waals surface area contributed by atoms with Crippen LogP contribution in [-0.4, -0.2) is 31.4 Å². The summed E-state index contributed by atoms with van der Waals surface area (Å²) in [6, 6.07) is 6.03. The highest BCUT2D eigenvalue weighted by Crippen LogP contribution is 2.36. The van der Waals surface area contributed by atoms with Gasteiger partial charge in [0.2, 0.25) is 0 Å². The van der Waals surface area contributed by atoms with Crippen molar-refractivity contribution < 1.29 is 9.84 Å². The van der Waals surface area contributed by atoms with Crippen LogP contribution in [0.15, 0.2) is 18.2 Å². The van der Waals surface area contributed by atoms with E-state index in [1.54, 1.807) is 7.11 Å². The van der Waals surface area contributed by atoms with Gasteiger partial charge in [0.25, 0.3) is 0 Å². The Kier molecular flexibility index (Phi) is 4.89.